The average molecular weight is 649 g/mol. The minimum absolute atomic E-state index is 0.0475. The molecule has 0 aliphatic rings. The molecule has 0 amide bonds. The number of aliphatic hydroxyl groups excluding tert-OH is 2. The van der Waals surface area contributed by atoms with Gasteiger partial charge in [0.2, 0.25) is 0 Å². The first-order chi connectivity index (χ1) is 22.8. The van der Waals surface area contributed by atoms with Gasteiger partial charge in [0.05, 0.1) is 24.4 Å². The maximum atomic E-state index is 11.7. The molecule has 0 saturated heterocycles. The molecule has 3 aromatic rings. The molecule has 252 valence electrons. The van der Waals surface area contributed by atoms with Crippen molar-refractivity contribution in [3.63, 3.8) is 0 Å². The number of esters is 2. The number of hydrogen-bond donors (Lipinski definition) is 2. The van der Waals surface area contributed by atoms with Gasteiger partial charge in [-0.25, -0.2) is 9.59 Å². The molecule has 0 spiro atoms. The molecule has 0 bridgehead atoms. The van der Waals surface area contributed by atoms with E-state index in [0.29, 0.717) is 30.5 Å². The fraction of sp³-hybridized carbons (Fsp3) is 0.351. The van der Waals surface area contributed by atoms with Crippen LogP contribution in [0, 0.1) is 0 Å². The van der Waals surface area contributed by atoms with Gasteiger partial charge >= 0.3 is 11.9 Å². The molecule has 2 N–H and O–H groups in total. The van der Waals surface area contributed by atoms with E-state index < -0.39 is 25.2 Å². The van der Waals surface area contributed by atoms with Crippen molar-refractivity contribution >= 4 is 11.9 Å². The molecule has 0 aliphatic heterocycles. The Balaban J connectivity index is 1.57. The van der Waals surface area contributed by atoms with Crippen LogP contribution in [-0.2, 0) is 25.5 Å². The predicted octanol–water partition coefficient (Wildman–Crippen LogP) is 5.49. The zero-order valence-corrected chi connectivity index (χ0v) is 26.9. The van der Waals surface area contributed by atoms with Crippen LogP contribution in [0.3, 0.4) is 0 Å². The van der Waals surface area contributed by atoms with Crippen LogP contribution in [0.1, 0.15) is 31.7 Å². The van der Waals surface area contributed by atoms with Crippen molar-refractivity contribution in [3.8, 4) is 34.1 Å². The molecule has 0 aromatic heterocycles. The third-order valence-electron chi connectivity index (χ3n) is 6.81. The average Bonchev–Trinajstić information content (AvgIpc) is 3.10. The van der Waals surface area contributed by atoms with E-state index in [0.717, 1.165) is 23.3 Å². The third kappa shape index (κ3) is 13.2. The minimum atomic E-state index is -0.701. The van der Waals surface area contributed by atoms with Gasteiger partial charge in [-0.05, 0) is 65.9 Å². The van der Waals surface area contributed by atoms with Gasteiger partial charge in [0, 0.05) is 6.07 Å². The Kier molecular flexibility index (Phi) is 15.9. The van der Waals surface area contributed by atoms with Gasteiger partial charge in [-0.3, -0.25) is 0 Å². The van der Waals surface area contributed by atoms with Gasteiger partial charge in [0.15, 0.2) is 0 Å². The van der Waals surface area contributed by atoms with Crippen LogP contribution in [0.4, 0.5) is 0 Å². The second kappa shape index (κ2) is 20.3. The van der Waals surface area contributed by atoms with Crippen LogP contribution < -0.4 is 18.9 Å². The van der Waals surface area contributed by atoms with Crippen molar-refractivity contribution in [2.24, 2.45) is 0 Å². The fourth-order valence-corrected chi connectivity index (χ4v) is 4.22. The van der Waals surface area contributed by atoms with E-state index in [1.165, 1.54) is 24.8 Å². The lowest BCUT2D eigenvalue weighted by atomic mass is 10.0. The topological polar surface area (TPSA) is 130 Å². The Bertz CT molecular complexity index is 1380. The summed E-state index contributed by atoms with van der Waals surface area (Å²) in [5.41, 5.74) is 2.86. The van der Waals surface area contributed by atoms with Crippen molar-refractivity contribution in [1.82, 2.24) is 0 Å². The Morgan fingerprint density at radius 1 is 0.574 bits per heavy atom. The molecule has 0 heterocycles. The zero-order chi connectivity index (χ0) is 33.9. The summed E-state index contributed by atoms with van der Waals surface area (Å²) >= 11 is 0. The van der Waals surface area contributed by atoms with E-state index >= 15 is 0 Å². The van der Waals surface area contributed by atoms with Crippen LogP contribution in [-0.4, -0.2) is 75.0 Å². The largest absolute Gasteiger partial charge is 0.490 e. The first-order valence-corrected chi connectivity index (χ1v) is 15.6. The Morgan fingerprint density at radius 2 is 1.02 bits per heavy atom. The summed E-state index contributed by atoms with van der Waals surface area (Å²) < 4.78 is 33.4. The number of aryl methyl sites for hydroxylation is 1. The van der Waals surface area contributed by atoms with Crippen molar-refractivity contribution in [3.05, 3.63) is 96.6 Å². The molecule has 3 aromatic carbocycles. The van der Waals surface area contributed by atoms with Crippen LogP contribution in [0.2, 0.25) is 0 Å². The minimum Gasteiger partial charge on any atom is -0.490 e. The van der Waals surface area contributed by atoms with Gasteiger partial charge < -0.3 is 38.6 Å². The number of aliphatic hydroxyl groups is 2. The standard InChI is InChI=1S/C37H44O10/c1-4-5-6-7-29-8-12-32(13-9-29)42-16-17-43-33-14-10-30(11-15-33)31-22-34(44-18-20-46-36(40)27(2)25-38)24-35(23-31)45-19-21-47-37(41)28(3)26-39/h8-15,22-24,38-39H,2-7,16-21,25-26H2,1H3. The molecule has 0 radical (unpaired) electrons. The number of rotatable bonds is 22. The molecular weight excluding hydrogens is 604 g/mol. The number of carbonyl (C=O) groups excluding carboxylic acids is 2. The summed E-state index contributed by atoms with van der Waals surface area (Å²) in [5, 5.41) is 18.0. The highest BCUT2D eigenvalue weighted by atomic mass is 16.6. The van der Waals surface area contributed by atoms with E-state index in [4.69, 9.17) is 38.6 Å². The van der Waals surface area contributed by atoms with Crippen LogP contribution >= 0.6 is 0 Å². The smallest absolute Gasteiger partial charge is 0.335 e. The molecule has 10 nitrogen and oxygen atoms in total. The van der Waals surface area contributed by atoms with E-state index in [9.17, 15) is 9.59 Å². The summed E-state index contributed by atoms with van der Waals surface area (Å²) in [7, 11) is 0. The molecule has 0 unspecified atom stereocenters. The van der Waals surface area contributed by atoms with E-state index in [2.05, 4.69) is 32.2 Å². The second-order valence-electron chi connectivity index (χ2n) is 10.5. The van der Waals surface area contributed by atoms with E-state index in [1.807, 2.05) is 48.5 Å². The monoisotopic (exact) mass is 648 g/mol. The Labute approximate surface area is 276 Å². The number of unbranched alkanes of at least 4 members (excludes halogenated alkanes) is 2. The molecular formula is C37H44O10. The number of carbonyl (C=O) groups is 2. The summed E-state index contributed by atoms with van der Waals surface area (Å²) in [6.45, 7) is 8.87. The molecule has 3 rings (SSSR count). The lowest BCUT2D eigenvalue weighted by molar-refractivity contribution is -0.141. The third-order valence-corrected chi connectivity index (χ3v) is 6.81. The maximum Gasteiger partial charge on any atom is 0.335 e. The highest BCUT2D eigenvalue weighted by Gasteiger charge is 2.11. The molecule has 0 atom stereocenters. The van der Waals surface area contributed by atoms with Crippen LogP contribution in [0.5, 0.6) is 23.0 Å². The molecule has 0 saturated carbocycles. The summed E-state index contributed by atoms with van der Waals surface area (Å²) in [5.74, 6) is 0.996. The zero-order valence-electron chi connectivity index (χ0n) is 26.9. The van der Waals surface area contributed by atoms with Gasteiger partial charge in [0.1, 0.15) is 62.6 Å². The molecule has 10 heteroatoms. The number of benzene rings is 3. The van der Waals surface area contributed by atoms with Gasteiger partial charge in [-0.1, -0.05) is 57.2 Å². The number of ether oxygens (including phenoxy) is 6. The Hall–Kier alpha value is -4.80. The van der Waals surface area contributed by atoms with Crippen molar-refractivity contribution < 1.29 is 48.2 Å². The quantitative estimate of drug-likeness (QED) is 0.0820. The second-order valence-corrected chi connectivity index (χ2v) is 10.5. The van der Waals surface area contributed by atoms with E-state index in [1.54, 1.807) is 6.07 Å². The molecule has 0 fully saturated rings. The summed E-state index contributed by atoms with van der Waals surface area (Å²) in [6.07, 6.45) is 4.73. The van der Waals surface area contributed by atoms with Gasteiger partial charge in [-0.15, -0.1) is 0 Å². The maximum absolute atomic E-state index is 11.7. The molecule has 47 heavy (non-hydrogen) atoms. The van der Waals surface area contributed by atoms with Crippen LogP contribution in [0.15, 0.2) is 91.0 Å². The molecule has 0 aliphatic carbocycles. The normalized spacial score (nSPS) is 10.5. The van der Waals surface area contributed by atoms with Gasteiger partial charge in [0.25, 0.3) is 0 Å². The van der Waals surface area contributed by atoms with Crippen molar-refractivity contribution in [1.29, 1.82) is 0 Å². The summed E-state index contributed by atoms with van der Waals surface area (Å²) in [6, 6.07) is 21.0. The fourth-order valence-electron chi connectivity index (χ4n) is 4.22. The van der Waals surface area contributed by atoms with E-state index in [-0.39, 0.29) is 37.6 Å². The predicted molar refractivity (Wildman–Crippen MR) is 178 cm³/mol. The highest BCUT2D eigenvalue weighted by molar-refractivity contribution is 5.88. The van der Waals surface area contributed by atoms with Crippen molar-refractivity contribution in [2.75, 3.05) is 52.9 Å². The summed E-state index contributed by atoms with van der Waals surface area (Å²) in [4.78, 5) is 23.5. The number of hydrogen-bond acceptors (Lipinski definition) is 10. The first kappa shape index (κ1) is 36.7. The van der Waals surface area contributed by atoms with Crippen molar-refractivity contribution in [2.45, 2.75) is 32.6 Å². The van der Waals surface area contributed by atoms with Gasteiger partial charge in [-0.2, -0.15) is 0 Å². The van der Waals surface area contributed by atoms with Crippen LogP contribution in [0.25, 0.3) is 11.1 Å². The lowest BCUT2D eigenvalue weighted by Crippen LogP contribution is -2.15. The lowest BCUT2D eigenvalue weighted by Gasteiger charge is -2.14. The first-order valence-electron chi connectivity index (χ1n) is 15.6. The highest BCUT2D eigenvalue weighted by Crippen LogP contribution is 2.31. The SMILES string of the molecule is C=C(CO)C(=O)OCCOc1cc(OCCOC(=O)C(=C)CO)cc(-c2ccc(OCCOc3ccc(CCCCC)cc3)cc2)c1. The Morgan fingerprint density at radius 3 is 1.49 bits per heavy atom.